The summed E-state index contributed by atoms with van der Waals surface area (Å²) in [7, 11) is 0. The van der Waals surface area contributed by atoms with Gasteiger partial charge >= 0.3 is 0 Å². The molecule has 2 aliphatic rings. The fraction of sp³-hybridized carbons (Fsp3) is 0.571. The summed E-state index contributed by atoms with van der Waals surface area (Å²) in [5, 5.41) is 0. The van der Waals surface area contributed by atoms with Crippen molar-refractivity contribution in [1.82, 2.24) is 0 Å². The summed E-state index contributed by atoms with van der Waals surface area (Å²) in [5.41, 5.74) is 10.6. The summed E-state index contributed by atoms with van der Waals surface area (Å²) in [6.07, 6.45) is 6.38. The highest BCUT2D eigenvalue weighted by molar-refractivity contribution is 5.58. The molecule has 1 aromatic rings. The minimum Gasteiger partial charge on any atom is -0.370 e. The highest BCUT2D eigenvalue weighted by Crippen LogP contribution is 2.31. The molecular weight excluding hydrogens is 196 g/mol. The van der Waals surface area contributed by atoms with E-state index < -0.39 is 0 Å². The lowest BCUT2D eigenvalue weighted by atomic mass is 9.90. The first kappa shape index (κ1) is 10.2. The first-order chi connectivity index (χ1) is 7.84. The zero-order valence-electron chi connectivity index (χ0n) is 9.78. The molecule has 0 saturated carbocycles. The van der Waals surface area contributed by atoms with Crippen molar-refractivity contribution in [3.05, 3.63) is 29.3 Å². The van der Waals surface area contributed by atoms with E-state index in [0.29, 0.717) is 6.04 Å². The van der Waals surface area contributed by atoms with Crippen molar-refractivity contribution in [2.45, 2.75) is 38.1 Å². The second kappa shape index (κ2) is 4.10. The molecular formula is C14H20N2. The molecule has 0 spiro atoms. The number of hydrogen-bond donors (Lipinski definition) is 1. The molecule has 1 heterocycles. The summed E-state index contributed by atoms with van der Waals surface area (Å²) in [6, 6.07) is 7.17. The van der Waals surface area contributed by atoms with Crippen molar-refractivity contribution in [3.63, 3.8) is 0 Å². The van der Waals surface area contributed by atoms with Crippen molar-refractivity contribution in [2.24, 2.45) is 5.73 Å². The molecule has 1 aromatic carbocycles. The summed E-state index contributed by atoms with van der Waals surface area (Å²) in [4.78, 5) is 2.48. The Kier molecular flexibility index (Phi) is 2.60. The van der Waals surface area contributed by atoms with Gasteiger partial charge in [0.15, 0.2) is 0 Å². The second-order valence-corrected chi connectivity index (χ2v) is 5.12. The maximum Gasteiger partial charge on any atom is 0.0402 e. The number of anilines is 1. The van der Waals surface area contributed by atoms with E-state index in [0.717, 1.165) is 19.5 Å². The van der Waals surface area contributed by atoms with Gasteiger partial charge in [-0.15, -0.1) is 0 Å². The van der Waals surface area contributed by atoms with Crippen LogP contribution >= 0.6 is 0 Å². The van der Waals surface area contributed by atoms with E-state index in [9.17, 15) is 0 Å². The van der Waals surface area contributed by atoms with Gasteiger partial charge in [0.25, 0.3) is 0 Å². The summed E-state index contributed by atoms with van der Waals surface area (Å²) >= 11 is 0. The SMILES string of the molecule is NC1CCN(c2cccc3c2CCCC3)C1. The van der Waals surface area contributed by atoms with E-state index >= 15 is 0 Å². The predicted octanol–water partition coefficient (Wildman–Crippen LogP) is 2.10. The average molecular weight is 216 g/mol. The number of aryl methyl sites for hydroxylation is 1. The molecule has 1 saturated heterocycles. The van der Waals surface area contributed by atoms with E-state index in [2.05, 4.69) is 23.1 Å². The zero-order chi connectivity index (χ0) is 11.0. The second-order valence-electron chi connectivity index (χ2n) is 5.12. The third kappa shape index (κ3) is 1.71. The van der Waals surface area contributed by atoms with Gasteiger partial charge in [-0.2, -0.15) is 0 Å². The molecule has 1 atom stereocenters. The van der Waals surface area contributed by atoms with Crippen molar-refractivity contribution < 1.29 is 0 Å². The van der Waals surface area contributed by atoms with E-state index in [1.807, 2.05) is 0 Å². The average Bonchev–Trinajstić information content (AvgIpc) is 2.75. The first-order valence-electron chi connectivity index (χ1n) is 6.46. The van der Waals surface area contributed by atoms with Crippen LogP contribution in [0.2, 0.25) is 0 Å². The number of hydrogen-bond acceptors (Lipinski definition) is 2. The minimum atomic E-state index is 0.374. The van der Waals surface area contributed by atoms with E-state index in [1.54, 1.807) is 11.1 Å². The van der Waals surface area contributed by atoms with Gasteiger partial charge in [0.2, 0.25) is 0 Å². The lowest BCUT2D eigenvalue weighted by molar-refractivity contribution is 0.682. The fourth-order valence-electron chi connectivity index (χ4n) is 3.06. The molecule has 86 valence electrons. The van der Waals surface area contributed by atoms with Crippen LogP contribution in [0.1, 0.15) is 30.4 Å². The number of nitrogens with zero attached hydrogens (tertiary/aromatic N) is 1. The van der Waals surface area contributed by atoms with Crippen LogP contribution in [0, 0.1) is 0 Å². The number of fused-ring (bicyclic) bond motifs is 1. The standard InChI is InChI=1S/C14H20N2/c15-12-8-9-16(10-12)14-7-3-5-11-4-1-2-6-13(11)14/h3,5,7,12H,1-2,4,6,8-10,15H2. The molecule has 1 aliphatic carbocycles. The van der Waals surface area contributed by atoms with Gasteiger partial charge in [0.1, 0.15) is 0 Å². The highest BCUT2D eigenvalue weighted by atomic mass is 15.2. The van der Waals surface area contributed by atoms with Crippen molar-refractivity contribution >= 4 is 5.69 Å². The highest BCUT2D eigenvalue weighted by Gasteiger charge is 2.23. The van der Waals surface area contributed by atoms with Crippen molar-refractivity contribution in [2.75, 3.05) is 18.0 Å². The maximum absolute atomic E-state index is 6.00. The Morgan fingerprint density at radius 2 is 2.06 bits per heavy atom. The summed E-state index contributed by atoms with van der Waals surface area (Å²) in [5.74, 6) is 0. The van der Waals surface area contributed by atoms with Crippen LogP contribution in [-0.4, -0.2) is 19.1 Å². The largest absolute Gasteiger partial charge is 0.370 e. The zero-order valence-corrected chi connectivity index (χ0v) is 9.78. The van der Waals surface area contributed by atoms with Crippen LogP contribution in [0.3, 0.4) is 0 Å². The molecule has 1 aliphatic heterocycles. The normalized spacial score (nSPS) is 24.6. The Hall–Kier alpha value is -1.02. The molecule has 3 rings (SSSR count). The Labute approximate surface area is 97.4 Å². The van der Waals surface area contributed by atoms with Crippen LogP contribution in [-0.2, 0) is 12.8 Å². The van der Waals surface area contributed by atoms with Crippen LogP contribution in [0.5, 0.6) is 0 Å². The lowest BCUT2D eigenvalue weighted by Gasteiger charge is -2.26. The van der Waals surface area contributed by atoms with E-state index in [1.165, 1.54) is 31.4 Å². The smallest absolute Gasteiger partial charge is 0.0402 e. The van der Waals surface area contributed by atoms with Gasteiger partial charge in [0, 0.05) is 24.8 Å². The van der Waals surface area contributed by atoms with Gasteiger partial charge in [-0.05, 0) is 49.3 Å². The number of benzene rings is 1. The van der Waals surface area contributed by atoms with Gasteiger partial charge in [-0.3, -0.25) is 0 Å². The molecule has 0 radical (unpaired) electrons. The number of nitrogens with two attached hydrogens (primary N) is 1. The Balaban J connectivity index is 1.94. The topological polar surface area (TPSA) is 29.3 Å². The molecule has 2 nitrogen and oxygen atoms in total. The predicted molar refractivity (Wildman–Crippen MR) is 67.9 cm³/mol. The van der Waals surface area contributed by atoms with Crippen LogP contribution in [0.4, 0.5) is 5.69 Å². The Bertz CT molecular complexity index is 386. The molecule has 1 fully saturated rings. The first-order valence-corrected chi connectivity index (χ1v) is 6.46. The fourth-order valence-corrected chi connectivity index (χ4v) is 3.06. The van der Waals surface area contributed by atoms with Gasteiger partial charge in [0.05, 0.1) is 0 Å². The summed E-state index contributed by atoms with van der Waals surface area (Å²) < 4.78 is 0. The quantitative estimate of drug-likeness (QED) is 0.779. The van der Waals surface area contributed by atoms with Crippen LogP contribution in [0.25, 0.3) is 0 Å². The molecule has 0 bridgehead atoms. The minimum absolute atomic E-state index is 0.374. The maximum atomic E-state index is 6.00. The van der Waals surface area contributed by atoms with Gasteiger partial charge in [-0.1, -0.05) is 12.1 Å². The monoisotopic (exact) mass is 216 g/mol. The van der Waals surface area contributed by atoms with Crippen molar-refractivity contribution in [3.8, 4) is 0 Å². The van der Waals surface area contributed by atoms with E-state index in [4.69, 9.17) is 5.73 Å². The molecule has 1 unspecified atom stereocenters. The van der Waals surface area contributed by atoms with Crippen LogP contribution in [0.15, 0.2) is 18.2 Å². The number of rotatable bonds is 1. The molecule has 2 N–H and O–H groups in total. The van der Waals surface area contributed by atoms with Crippen molar-refractivity contribution in [1.29, 1.82) is 0 Å². The molecule has 0 amide bonds. The van der Waals surface area contributed by atoms with E-state index in [-0.39, 0.29) is 0 Å². The Morgan fingerprint density at radius 1 is 1.19 bits per heavy atom. The molecule has 2 heteroatoms. The molecule has 16 heavy (non-hydrogen) atoms. The lowest BCUT2D eigenvalue weighted by Crippen LogP contribution is -2.27. The molecule has 0 aromatic heterocycles. The summed E-state index contributed by atoms with van der Waals surface area (Å²) in [6.45, 7) is 2.17. The Morgan fingerprint density at radius 3 is 2.88 bits per heavy atom. The van der Waals surface area contributed by atoms with Gasteiger partial charge < -0.3 is 10.6 Å². The third-order valence-electron chi connectivity index (χ3n) is 3.94. The van der Waals surface area contributed by atoms with Crippen LogP contribution < -0.4 is 10.6 Å². The third-order valence-corrected chi connectivity index (χ3v) is 3.94. The van der Waals surface area contributed by atoms with Gasteiger partial charge in [-0.25, -0.2) is 0 Å².